The van der Waals surface area contributed by atoms with E-state index in [1.165, 1.54) is 0 Å². The summed E-state index contributed by atoms with van der Waals surface area (Å²) in [7, 11) is 0. The molecule has 6 heteroatoms. The molecule has 0 radical (unpaired) electrons. The van der Waals surface area contributed by atoms with Gasteiger partial charge in [-0.1, -0.05) is 29.3 Å². The molecule has 0 fully saturated rings. The Bertz CT molecular complexity index is 655. The third-order valence-electron chi connectivity index (χ3n) is 2.53. The summed E-state index contributed by atoms with van der Waals surface area (Å²) >= 11 is 13.8. The van der Waals surface area contributed by atoms with Gasteiger partial charge in [-0.3, -0.25) is 9.36 Å². The molecule has 94 valence electrons. The van der Waals surface area contributed by atoms with Crippen LogP contribution in [0, 0.1) is 10.5 Å². The van der Waals surface area contributed by atoms with Gasteiger partial charge in [0.2, 0.25) is 0 Å². The average molecular weight is 395 g/mol. The van der Waals surface area contributed by atoms with E-state index in [9.17, 15) is 4.79 Å². The molecule has 0 aliphatic rings. The van der Waals surface area contributed by atoms with Crippen molar-refractivity contribution in [3.63, 3.8) is 0 Å². The summed E-state index contributed by atoms with van der Waals surface area (Å²) in [5, 5.41) is 0.990. The van der Waals surface area contributed by atoms with Crippen molar-refractivity contribution >= 4 is 45.8 Å². The van der Waals surface area contributed by atoms with Crippen molar-refractivity contribution in [3.05, 3.63) is 59.8 Å². The lowest BCUT2D eigenvalue weighted by atomic mass is 10.2. The molecule has 0 bridgehead atoms. The molecule has 0 N–H and O–H groups in total. The zero-order valence-corrected chi connectivity index (χ0v) is 13.1. The molecule has 3 nitrogen and oxygen atoms in total. The number of benzene rings is 1. The zero-order valence-electron chi connectivity index (χ0n) is 9.45. The van der Waals surface area contributed by atoms with Crippen LogP contribution in [-0.4, -0.2) is 9.55 Å². The van der Waals surface area contributed by atoms with Crippen LogP contribution in [0.1, 0.15) is 11.4 Å². The minimum absolute atomic E-state index is 0.0471. The van der Waals surface area contributed by atoms with Crippen LogP contribution in [0.2, 0.25) is 10.0 Å². The van der Waals surface area contributed by atoms with E-state index >= 15 is 0 Å². The lowest BCUT2D eigenvalue weighted by Crippen LogP contribution is -2.26. The van der Waals surface area contributed by atoms with Crippen molar-refractivity contribution in [2.45, 2.75) is 13.5 Å². The van der Waals surface area contributed by atoms with Crippen molar-refractivity contribution in [3.8, 4) is 0 Å². The van der Waals surface area contributed by atoms with Crippen LogP contribution >= 0.6 is 45.8 Å². The first kappa shape index (κ1) is 13.8. The summed E-state index contributed by atoms with van der Waals surface area (Å²) in [6, 6.07) is 5.33. The highest BCUT2D eigenvalue weighted by atomic mass is 127. The van der Waals surface area contributed by atoms with Crippen molar-refractivity contribution < 1.29 is 0 Å². The molecule has 0 saturated carbocycles. The zero-order chi connectivity index (χ0) is 13.3. The molecule has 0 saturated heterocycles. The standard InChI is InChI=1S/C12H9Cl2IN2O/c1-7-16-5-11(15)12(18)17(7)6-8-2-3-9(13)10(14)4-8/h2-5H,6H2,1H3. The van der Waals surface area contributed by atoms with Gasteiger partial charge in [-0.2, -0.15) is 0 Å². The number of nitrogens with zero attached hydrogens (tertiary/aromatic N) is 2. The first-order chi connectivity index (χ1) is 8.49. The molecule has 1 aromatic heterocycles. The van der Waals surface area contributed by atoms with Crippen LogP contribution in [0.25, 0.3) is 0 Å². The maximum absolute atomic E-state index is 12.0. The number of hydrogen-bond acceptors (Lipinski definition) is 2. The summed E-state index contributed by atoms with van der Waals surface area (Å²) in [4.78, 5) is 16.2. The topological polar surface area (TPSA) is 34.9 Å². The van der Waals surface area contributed by atoms with Crippen LogP contribution in [0.15, 0.2) is 29.2 Å². The van der Waals surface area contributed by atoms with Crippen molar-refractivity contribution in [1.82, 2.24) is 9.55 Å². The van der Waals surface area contributed by atoms with Gasteiger partial charge in [0.15, 0.2) is 0 Å². The smallest absolute Gasteiger partial charge is 0.267 e. The Kier molecular flexibility index (Phi) is 4.29. The van der Waals surface area contributed by atoms with E-state index < -0.39 is 0 Å². The summed E-state index contributed by atoms with van der Waals surface area (Å²) in [5.74, 6) is 0.673. The lowest BCUT2D eigenvalue weighted by Gasteiger charge is -2.10. The lowest BCUT2D eigenvalue weighted by molar-refractivity contribution is 0.695. The third-order valence-corrected chi connectivity index (χ3v) is 4.01. The van der Waals surface area contributed by atoms with Gasteiger partial charge >= 0.3 is 0 Å². The molecular formula is C12H9Cl2IN2O. The highest BCUT2D eigenvalue weighted by Gasteiger charge is 2.07. The molecule has 0 amide bonds. The van der Waals surface area contributed by atoms with Gasteiger partial charge < -0.3 is 0 Å². The van der Waals surface area contributed by atoms with Crippen molar-refractivity contribution in [2.75, 3.05) is 0 Å². The Morgan fingerprint density at radius 1 is 1.33 bits per heavy atom. The second-order valence-electron chi connectivity index (χ2n) is 3.79. The van der Waals surface area contributed by atoms with Crippen LogP contribution in [0.4, 0.5) is 0 Å². The van der Waals surface area contributed by atoms with E-state index in [0.717, 1.165) is 5.56 Å². The summed E-state index contributed by atoms with van der Waals surface area (Å²) in [5.41, 5.74) is 0.868. The molecular weight excluding hydrogens is 386 g/mol. The van der Waals surface area contributed by atoms with Gasteiger partial charge in [0.25, 0.3) is 5.56 Å². The van der Waals surface area contributed by atoms with Crippen molar-refractivity contribution in [2.24, 2.45) is 0 Å². The summed E-state index contributed by atoms with van der Waals surface area (Å²) < 4.78 is 2.21. The fourth-order valence-corrected chi connectivity index (χ4v) is 2.31. The average Bonchev–Trinajstić information content (AvgIpc) is 2.34. The first-order valence-corrected chi connectivity index (χ1v) is 6.98. The number of halogens is 3. The minimum atomic E-state index is -0.0471. The highest BCUT2D eigenvalue weighted by Crippen LogP contribution is 2.22. The van der Waals surface area contributed by atoms with Gasteiger partial charge in [-0.25, -0.2) is 4.98 Å². The maximum Gasteiger partial charge on any atom is 0.267 e. The van der Waals surface area contributed by atoms with Gasteiger partial charge in [-0.15, -0.1) is 0 Å². The van der Waals surface area contributed by atoms with E-state index in [1.807, 2.05) is 28.7 Å². The molecule has 2 aromatic rings. The quantitative estimate of drug-likeness (QED) is 0.730. The Balaban J connectivity index is 2.43. The van der Waals surface area contributed by atoms with E-state index in [-0.39, 0.29) is 5.56 Å². The van der Waals surface area contributed by atoms with E-state index in [0.29, 0.717) is 26.0 Å². The Morgan fingerprint density at radius 3 is 2.72 bits per heavy atom. The fraction of sp³-hybridized carbons (Fsp3) is 0.167. The van der Waals surface area contributed by atoms with Crippen LogP contribution < -0.4 is 5.56 Å². The molecule has 0 aliphatic heterocycles. The predicted molar refractivity (Wildman–Crippen MR) is 81.5 cm³/mol. The van der Waals surface area contributed by atoms with Gasteiger partial charge in [0, 0.05) is 6.20 Å². The Hall–Kier alpha value is -0.590. The van der Waals surface area contributed by atoms with Gasteiger partial charge in [-0.05, 0) is 47.2 Å². The van der Waals surface area contributed by atoms with Gasteiger partial charge in [0.05, 0.1) is 20.2 Å². The summed E-state index contributed by atoms with van der Waals surface area (Å²) in [6.07, 6.45) is 1.57. The fourth-order valence-electron chi connectivity index (χ4n) is 1.56. The SMILES string of the molecule is Cc1ncc(I)c(=O)n1Cc1ccc(Cl)c(Cl)c1. The van der Waals surface area contributed by atoms with Crippen LogP contribution in [0.5, 0.6) is 0 Å². The summed E-state index contributed by atoms with van der Waals surface area (Å²) in [6.45, 7) is 2.24. The molecule has 1 aromatic carbocycles. The highest BCUT2D eigenvalue weighted by molar-refractivity contribution is 14.1. The Morgan fingerprint density at radius 2 is 2.06 bits per heavy atom. The molecule has 1 heterocycles. The molecule has 2 rings (SSSR count). The number of hydrogen-bond donors (Lipinski definition) is 0. The number of aryl methyl sites for hydroxylation is 1. The maximum atomic E-state index is 12.0. The number of aromatic nitrogens is 2. The Labute approximate surface area is 128 Å². The molecule has 0 spiro atoms. The third kappa shape index (κ3) is 2.87. The van der Waals surface area contributed by atoms with Crippen LogP contribution in [-0.2, 0) is 6.54 Å². The van der Waals surface area contributed by atoms with Gasteiger partial charge in [0.1, 0.15) is 5.82 Å². The normalized spacial score (nSPS) is 10.7. The first-order valence-electron chi connectivity index (χ1n) is 5.15. The monoisotopic (exact) mass is 394 g/mol. The largest absolute Gasteiger partial charge is 0.292 e. The second-order valence-corrected chi connectivity index (χ2v) is 5.77. The molecule has 0 unspecified atom stereocenters. The van der Waals surface area contributed by atoms with Crippen LogP contribution in [0.3, 0.4) is 0 Å². The second kappa shape index (κ2) is 5.59. The van der Waals surface area contributed by atoms with E-state index in [1.54, 1.807) is 29.8 Å². The molecule has 18 heavy (non-hydrogen) atoms. The number of rotatable bonds is 2. The molecule has 0 atom stereocenters. The van der Waals surface area contributed by atoms with Crippen molar-refractivity contribution in [1.29, 1.82) is 0 Å². The predicted octanol–water partition coefficient (Wildman–Crippen LogP) is 3.51. The van der Waals surface area contributed by atoms with E-state index in [4.69, 9.17) is 23.2 Å². The molecule has 0 aliphatic carbocycles. The minimum Gasteiger partial charge on any atom is -0.292 e. The van der Waals surface area contributed by atoms with E-state index in [2.05, 4.69) is 4.98 Å².